The monoisotopic (exact) mass is 1140 g/mol. The second kappa shape index (κ2) is 51.1. The summed E-state index contributed by atoms with van der Waals surface area (Å²) in [7, 11) is 0. The number of nitrogens with one attached hydrogen (secondary N) is 1. The van der Waals surface area contributed by atoms with Crippen molar-refractivity contribution in [1.82, 2.24) is 5.32 Å². The summed E-state index contributed by atoms with van der Waals surface area (Å²) in [5.41, 5.74) is 0. The minimum absolute atomic E-state index is 0.223. The fourth-order valence-electron chi connectivity index (χ4n) is 9.70. The number of ether oxygens (including phenoxy) is 4. The fraction of sp³-hybridized carbons (Fsp3) is 0.716. The molecule has 81 heavy (non-hydrogen) atoms. The third-order valence-corrected chi connectivity index (χ3v) is 14.8. The zero-order valence-corrected chi connectivity index (χ0v) is 50.0. The molecule has 0 radical (unpaired) electrons. The van der Waals surface area contributed by atoms with Gasteiger partial charge in [0.2, 0.25) is 5.91 Å². The Morgan fingerprint density at radius 3 is 1.31 bits per heavy atom. The molecule has 9 N–H and O–H groups in total. The molecule has 0 aromatic rings. The van der Waals surface area contributed by atoms with E-state index in [9.17, 15) is 45.6 Å². The van der Waals surface area contributed by atoms with E-state index in [0.29, 0.717) is 12.8 Å². The van der Waals surface area contributed by atoms with E-state index in [1.807, 2.05) is 0 Å². The first-order valence-electron chi connectivity index (χ1n) is 31.6. The van der Waals surface area contributed by atoms with Gasteiger partial charge in [0, 0.05) is 6.42 Å². The van der Waals surface area contributed by atoms with Crippen LogP contribution in [0.3, 0.4) is 0 Å². The Bertz CT molecular complexity index is 1770. The van der Waals surface area contributed by atoms with Gasteiger partial charge < -0.3 is 65.1 Å². The number of unbranched alkanes of at least 4 members (excludes halogenated alkanes) is 18. The summed E-state index contributed by atoms with van der Waals surface area (Å²) in [6.45, 7) is 2.71. The molecule has 14 nitrogen and oxygen atoms in total. The second-order valence-corrected chi connectivity index (χ2v) is 21.8. The van der Waals surface area contributed by atoms with E-state index in [0.717, 1.165) is 122 Å². The molecule has 2 rings (SSSR count). The van der Waals surface area contributed by atoms with Gasteiger partial charge in [0.15, 0.2) is 12.6 Å². The first-order valence-corrected chi connectivity index (χ1v) is 31.6. The molecule has 2 fully saturated rings. The van der Waals surface area contributed by atoms with Crippen molar-refractivity contribution in [3.05, 3.63) is 109 Å². The number of hydrogen-bond acceptors (Lipinski definition) is 13. The Hall–Kier alpha value is -3.35. The van der Waals surface area contributed by atoms with Crippen LogP contribution < -0.4 is 5.32 Å². The number of aliphatic hydroxyl groups is 8. The first kappa shape index (κ1) is 73.8. The van der Waals surface area contributed by atoms with Gasteiger partial charge in [-0.2, -0.15) is 0 Å². The Kier molecular flexibility index (Phi) is 46.5. The topological polar surface area (TPSA) is 228 Å². The van der Waals surface area contributed by atoms with Crippen molar-refractivity contribution >= 4 is 5.91 Å². The lowest BCUT2D eigenvalue weighted by Gasteiger charge is -2.46. The predicted octanol–water partition coefficient (Wildman–Crippen LogP) is 11.6. The summed E-state index contributed by atoms with van der Waals surface area (Å²) in [6, 6.07) is -0.842. The molecule has 2 saturated heterocycles. The Morgan fingerprint density at radius 2 is 0.852 bits per heavy atom. The van der Waals surface area contributed by atoms with Crippen LogP contribution in [0, 0.1) is 0 Å². The zero-order chi connectivity index (χ0) is 58.8. The summed E-state index contributed by atoms with van der Waals surface area (Å²) in [5, 5.41) is 87.2. The third kappa shape index (κ3) is 36.2. The van der Waals surface area contributed by atoms with Gasteiger partial charge >= 0.3 is 0 Å². The Morgan fingerprint density at radius 1 is 0.457 bits per heavy atom. The lowest BCUT2D eigenvalue weighted by atomic mass is 9.97. The van der Waals surface area contributed by atoms with Crippen molar-refractivity contribution in [2.75, 3.05) is 19.8 Å². The van der Waals surface area contributed by atoms with Gasteiger partial charge in [0.25, 0.3) is 0 Å². The number of amides is 1. The summed E-state index contributed by atoms with van der Waals surface area (Å²) < 4.78 is 22.8. The van der Waals surface area contributed by atoms with E-state index >= 15 is 0 Å². The number of carbonyl (C=O) groups is 1. The lowest BCUT2D eigenvalue weighted by Crippen LogP contribution is -2.65. The maximum absolute atomic E-state index is 13.3. The van der Waals surface area contributed by atoms with Gasteiger partial charge in [0.05, 0.1) is 32.0 Å². The summed E-state index contributed by atoms with van der Waals surface area (Å²) in [4.78, 5) is 13.3. The van der Waals surface area contributed by atoms with Gasteiger partial charge in [0.1, 0.15) is 48.8 Å². The summed E-state index contributed by atoms with van der Waals surface area (Å²) in [6.07, 6.45) is 55.2. The average Bonchev–Trinajstić information content (AvgIpc) is 3.46. The Balaban J connectivity index is 1.66. The van der Waals surface area contributed by atoms with Crippen LogP contribution in [0.5, 0.6) is 0 Å². The third-order valence-electron chi connectivity index (χ3n) is 14.8. The van der Waals surface area contributed by atoms with Crippen molar-refractivity contribution in [1.29, 1.82) is 0 Å². The van der Waals surface area contributed by atoms with Crippen LogP contribution >= 0.6 is 0 Å². The highest BCUT2D eigenvalue weighted by Gasteiger charge is 2.51. The van der Waals surface area contributed by atoms with Gasteiger partial charge in [-0.15, -0.1) is 0 Å². The van der Waals surface area contributed by atoms with Crippen molar-refractivity contribution in [2.24, 2.45) is 0 Å². The van der Waals surface area contributed by atoms with E-state index in [-0.39, 0.29) is 18.9 Å². The van der Waals surface area contributed by atoms with Gasteiger partial charge in [-0.25, -0.2) is 0 Å². The van der Waals surface area contributed by atoms with Crippen LogP contribution in [0.1, 0.15) is 213 Å². The first-order chi connectivity index (χ1) is 39.6. The van der Waals surface area contributed by atoms with Crippen LogP contribution in [-0.2, 0) is 23.7 Å². The highest BCUT2D eigenvalue weighted by molar-refractivity contribution is 5.76. The quantitative estimate of drug-likeness (QED) is 0.0204. The number of rotatable bonds is 49. The standard InChI is InChI=1S/C67H113NO13/c1-3-5-7-9-11-13-15-17-18-19-20-21-22-23-24-25-26-27-28-29-30-31-32-33-34-35-36-37-38-39-41-43-45-47-49-51-59(72)68-55(56(71)50-48-46-44-42-40-16-14-12-10-8-6-4-2)54-78-66-64(77)62(75)65(58(53-70)80-66)81-67-63(76)61(74)60(73)57(52-69)79-67/h5,7,11,13,17-18,20-21,23-24,26-27,29-30,32-33,35-36,55-58,60-67,69-71,73-77H,3-4,6,8-10,12,14-16,19,22,25,28,31,34,37-54H2,1-2H3,(H,68,72)/b7-5-,13-11-,18-17-,21-20-,24-23-,27-26-,30-29-,33-32-,36-35-. The molecule has 0 aromatic heterocycles. The van der Waals surface area contributed by atoms with Crippen molar-refractivity contribution in [3.8, 4) is 0 Å². The van der Waals surface area contributed by atoms with E-state index in [1.54, 1.807) is 0 Å². The molecule has 464 valence electrons. The molecule has 0 spiro atoms. The van der Waals surface area contributed by atoms with Crippen LogP contribution in [-0.4, -0.2) is 140 Å². The predicted molar refractivity (Wildman–Crippen MR) is 327 cm³/mol. The molecular formula is C67H113NO13. The molecule has 12 unspecified atom stereocenters. The minimum Gasteiger partial charge on any atom is -0.394 e. The lowest BCUT2D eigenvalue weighted by molar-refractivity contribution is -0.359. The van der Waals surface area contributed by atoms with E-state index in [2.05, 4.69) is 129 Å². The molecule has 0 aromatic carbocycles. The summed E-state index contributed by atoms with van der Waals surface area (Å²) >= 11 is 0. The second-order valence-electron chi connectivity index (χ2n) is 21.8. The van der Waals surface area contributed by atoms with Gasteiger partial charge in [-0.05, 0) is 83.5 Å². The SMILES string of the molecule is CC/C=C\C/C=C\C/C=C\C/C=C\C/C=C\C/C=C\C/C=C\C/C=C\C/C=C\CCCCCCCCCC(=O)NC(COC1OC(CO)C(OC2OC(CO)C(O)C(O)C2O)C(O)C1O)C(O)CCCCCCCCCCCCCC. The minimum atomic E-state index is -1.79. The molecule has 0 bridgehead atoms. The molecule has 1 amide bonds. The van der Waals surface area contributed by atoms with Crippen molar-refractivity contribution in [2.45, 2.75) is 286 Å². The van der Waals surface area contributed by atoms with Crippen LogP contribution in [0.15, 0.2) is 109 Å². The largest absolute Gasteiger partial charge is 0.394 e. The van der Waals surface area contributed by atoms with E-state index in [4.69, 9.17) is 18.9 Å². The van der Waals surface area contributed by atoms with Crippen LogP contribution in [0.25, 0.3) is 0 Å². The van der Waals surface area contributed by atoms with Crippen molar-refractivity contribution in [3.63, 3.8) is 0 Å². The number of hydrogen-bond donors (Lipinski definition) is 9. The number of allylic oxidation sites excluding steroid dienone is 18. The smallest absolute Gasteiger partial charge is 0.220 e. The maximum Gasteiger partial charge on any atom is 0.220 e. The maximum atomic E-state index is 13.3. The molecule has 0 aliphatic carbocycles. The van der Waals surface area contributed by atoms with Crippen LogP contribution in [0.4, 0.5) is 0 Å². The fourth-order valence-corrected chi connectivity index (χ4v) is 9.70. The number of carbonyl (C=O) groups excluding carboxylic acids is 1. The molecule has 2 heterocycles. The molecular weight excluding hydrogens is 1030 g/mol. The highest BCUT2D eigenvalue weighted by atomic mass is 16.7. The van der Waals surface area contributed by atoms with Crippen LogP contribution in [0.2, 0.25) is 0 Å². The van der Waals surface area contributed by atoms with Gasteiger partial charge in [-0.3, -0.25) is 4.79 Å². The molecule has 2 aliphatic heterocycles. The highest BCUT2D eigenvalue weighted by Crippen LogP contribution is 2.30. The molecule has 0 saturated carbocycles. The zero-order valence-electron chi connectivity index (χ0n) is 50.0. The van der Waals surface area contributed by atoms with E-state index in [1.165, 1.54) is 57.8 Å². The van der Waals surface area contributed by atoms with Gasteiger partial charge in [-0.1, -0.05) is 232 Å². The normalized spacial score (nSPS) is 24.9. The molecule has 2 aliphatic rings. The molecule has 12 atom stereocenters. The van der Waals surface area contributed by atoms with Crippen molar-refractivity contribution < 1.29 is 64.6 Å². The molecule has 14 heteroatoms. The van der Waals surface area contributed by atoms with E-state index < -0.39 is 86.8 Å². The average molecular weight is 1140 g/mol. The summed E-state index contributed by atoms with van der Waals surface area (Å²) in [5.74, 6) is -0.223. The Labute approximate surface area is 489 Å². The number of aliphatic hydroxyl groups excluding tert-OH is 8.